The molecule has 0 spiro atoms. The first kappa shape index (κ1) is 8.76. The van der Waals surface area contributed by atoms with E-state index in [4.69, 9.17) is 0 Å². The second kappa shape index (κ2) is 3.93. The van der Waals surface area contributed by atoms with Crippen molar-refractivity contribution < 1.29 is 5.11 Å². The van der Waals surface area contributed by atoms with Crippen LogP contribution < -0.4 is 0 Å². The van der Waals surface area contributed by atoms with Gasteiger partial charge in [0, 0.05) is 0 Å². The molecule has 0 atom stereocenters. The summed E-state index contributed by atoms with van der Waals surface area (Å²) < 4.78 is 0. The predicted octanol–water partition coefficient (Wildman–Crippen LogP) is 2.51. The number of benzene rings is 1. The van der Waals surface area contributed by atoms with Crippen molar-refractivity contribution in [3.8, 4) is 0 Å². The number of rotatable bonds is 1. The van der Waals surface area contributed by atoms with Crippen LogP contribution in [-0.4, -0.2) is 11.2 Å². The molecule has 0 saturated heterocycles. The molecule has 1 fully saturated rings. The van der Waals surface area contributed by atoms with Crippen molar-refractivity contribution in [1.82, 2.24) is 0 Å². The Morgan fingerprint density at radius 3 is 2.54 bits per heavy atom. The van der Waals surface area contributed by atoms with Crippen molar-refractivity contribution >= 4 is 0 Å². The van der Waals surface area contributed by atoms with Gasteiger partial charge in [0.2, 0.25) is 0 Å². The molecular formula is C12H15O. The SMILES string of the molecule is OC1CCC(c2[c]cccc2)CC1. The van der Waals surface area contributed by atoms with Crippen LogP contribution in [0.1, 0.15) is 37.2 Å². The van der Waals surface area contributed by atoms with Gasteiger partial charge in [0.1, 0.15) is 0 Å². The first-order chi connectivity index (χ1) is 6.36. The molecule has 1 saturated carbocycles. The molecule has 13 heavy (non-hydrogen) atoms. The minimum absolute atomic E-state index is 0.0556. The Morgan fingerprint density at radius 1 is 1.15 bits per heavy atom. The fourth-order valence-corrected chi connectivity index (χ4v) is 2.05. The predicted molar refractivity (Wildman–Crippen MR) is 52.5 cm³/mol. The van der Waals surface area contributed by atoms with E-state index in [-0.39, 0.29) is 6.10 Å². The highest BCUT2D eigenvalue weighted by molar-refractivity contribution is 5.18. The highest BCUT2D eigenvalue weighted by Crippen LogP contribution is 2.32. The van der Waals surface area contributed by atoms with Gasteiger partial charge in [0.25, 0.3) is 0 Å². The Balaban J connectivity index is 2.03. The molecule has 0 unspecified atom stereocenters. The maximum atomic E-state index is 9.36. The van der Waals surface area contributed by atoms with E-state index in [0.29, 0.717) is 5.92 Å². The van der Waals surface area contributed by atoms with Crippen molar-refractivity contribution in [2.45, 2.75) is 37.7 Å². The first-order valence-electron chi connectivity index (χ1n) is 5.01. The Morgan fingerprint density at radius 2 is 1.92 bits per heavy atom. The maximum absolute atomic E-state index is 9.36. The third-order valence-electron chi connectivity index (χ3n) is 2.87. The van der Waals surface area contributed by atoms with Crippen LogP contribution >= 0.6 is 0 Å². The van der Waals surface area contributed by atoms with Crippen LogP contribution in [-0.2, 0) is 0 Å². The van der Waals surface area contributed by atoms with Crippen molar-refractivity contribution in [2.24, 2.45) is 0 Å². The molecule has 2 rings (SSSR count). The third kappa shape index (κ3) is 2.10. The summed E-state index contributed by atoms with van der Waals surface area (Å²) in [6.07, 6.45) is 4.07. The molecule has 1 radical (unpaired) electrons. The molecule has 0 aromatic heterocycles. The van der Waals surface area contributed by atoms with Crippen molar-refractivity contribution in [1.29, 1.82) is 0 Å². The molecular weight excluding hydrogens is 160 g/mol. The van der Waals surface area contributed by atoms with E-state index >= 15 is 0 Å². The third-order valence-corrected chi connectivity index (χ3v) is 2.87. The largest absolute Gasteiger partial charge is 0.393 e. The summed E-state index contributed by atoms with van der Waals surface area (Å²) in [5.74, 6) is 0.629. The van der Waals surface area contributed by atoms with Gasteiger partial charge in [0.15, 0.2) is 0 Å². The lowest BCUT2D eigenvalue weighted by Crippen LogP contribution is -2.16. The topological polar surface area (TPSA) is 20.2 Å². The number of aliphatic hydroxyl groups is 1. The Labute approximate surface area is 79.4 Å². The Hall–Kier alpha value is -0.820. The monoisotopic (exact) mass is 175 g/mol. The highest BCUT2D eigenvalue weighted by Gasteiger charge is 2.20. The standard InChI is InChI=1S/C12H15O/c13-12-8-6-11(7-9-12)10-4-2-1-3-5-10/h1-4,11-13H,6-9H2. The highest BCUT2D eigenvalue weighted by atomic mass is 16.3. The molecule has 1 N–H and O–H groups in total. The normalized spacial score (nSPS) is 28.7. The van der Waals surface area contributed by atoms with Crippen LogP contribution in [0.5, 0.6) is 0 Å². The quantitative estimate of drug-likeness (QED) is 0.695. The Kier molecular flexibility index (Phi) is 2.65. The average Bonchev–Trinajstić information content (AvgIpc) is 2.20. The number of hydrogen-bond acceptors (Lipinski definition) is 1. The van der Waals surface area contributed by atoms with Gasteiger partial charge < -0.3 is 5.11 Å². The zero-order valence-electron chi connectivity index (χ0n) is 7.74. The van der Waals surface area contributed by atoms with Gasteiger partial charge in [-0.25, -0.2) is 0 Å². The minimum atomic E-state index is -0.0556. The van der Waals surface area contributed by atoms with Gasteiger partial charge in [-0.05, 0) is 43.2 Å². The lowest BCUT2D eigenvalue weighted by Gasteiger charge is -2.25. The summed E-state index contributed by atoms with van der Waals surface area (Å²) >= 11 is 0. The van der Waals surface area contributed by atoms with Crippen LogP contribution in [0.15, 0.2) is 24.3 Å². The number of hydrogen-bond donors (Lipinski definition) is 1. The van der Waals surface area contributed by atoms with Crippen molar-refractivity contribution in [3.63, 3.8) is 0 Å². The zero-order valence-corrected chi connectivity index (χ0v) is 7.74. The Bertz CT molecular complexity index is 247. The molecule has 69 valence electrons. The van der Waals surface area contributed by atoms with Crippen LogP contribution in [0.2, 0.25) is 0 Å². The first-order valence-corrected chi connectivity index (χ1v) is 5.01. The summed E-state index contributed by atoms with van der Waals surface area (Å²) in [5, 5.41) is 9.36. The maximum Gasteiger partial charge on any atom is 0.0540 e. The summed E-state index contributed by atoms with van der Waals surface area (Å²) in [7, 11) is 0. The fourth-order valence-electron chi connectivity index (χ4n) is 2.05. The molecule has 1 aromatic rings. The van der Waals surface area contributed by atoms with Gasteiger partial charge in [0.05, 0.1) is 6.10 Å². The van der Waals surface area contributed by atoms with Crippen LogP contribution in [0.25, 0.3) is 0 Å². The van der Waals surface area contributed by atoms with E-state index < -0.39 is 0 Å². The number of aliphatic hydroxyl groups excluding tert-OH is 1. The van der Waals surface area contributed by atoms with E-state index in [0.717, 1.165) is 25.7 Å². The van der Waals surface area contributed by atoms with Gasteiger partial charge in [-0.2, -0.15) is 0 Å². The zero-order chi connectivity index (χ0) is 9.10. The summed E-state index contributed by atoms with van der Waals surface area (Å²) in [6.45, 7) is 0. The van der Waals surface area contributed by atoms with Gasteiger partial charge in [-0.3, -0.25) is 0 Å². The molecule has 1 aliphatic rings. The van der Waals surface area contributed by atoms with E-state index in [9.17, 15) is 5.11 Å². The smallest absolute Gasteiger partial charge is 0.0540 e. The molecule has 1 heteroatoms. The summed E-state index contributed by atoms with van der Waals surface area (Å²) in [5.41, 5.74) is 1.31. The lowest BCUT2D eigenvalue weighted by molar-refractivity contribution is 0.122. The summed E-state index contributed by atoms with van der Waals surface area (Å²) in [4.78, 5) is 0. The summed E-state index contributed by atoms with van der Waals surface area (Å²) in [6, 6.07) is 11.5. The molecule has 0 amide bonds. The van der Waals surface area contributed by atoms with E-state index in [1.54, 1.807) is 0 Å². The molecule has 0 aliphatic heterocycles. The van der Waals surface area contributed by atoms with Crippen molar-refractivity contribution in [2.75, 3.05) is 0 Å². The van der Waals surface area contributed by atoms with Crippen LogP contribution in [0, 0.1) is 6.07 Å². The fraction of sp³-hybridized carbons (Fsp3) is 0.500. The van der Waals surface area contributed by atoms with Crippen LogP contribution in [0.3, 0.4) is 0 Å². The van der Waals surface area contributed by atoms with Gasteiger partial charge >= 0.3 is 0 Å². The van der Waals surface area contributed by atoms with Gasteiger partial charge in [-0.15, -0.1) is 0 Å². The van der Waals surface area contributed by atoms with E-state index in [1.807, 2.05) is 12.1 Å². The van der Waals surface area contributed by atoms with E-state index in [2.05, 4.69) is 18.2 Å². The second-order valence-electron chi connectivity index (χ2n) is 3.82. The molecule has 1 nitrogen and oxygen atoms in total. The van der Waals surface area contributed by atoms with Crippen molar-refractivity contribution in [3.05, 3.63) is 35.9 Å². The molecule has 0 heterocycles. The molecule has 1 aliphatic carbocycles. The molecule has 0 bridgehead atoms. The van der Waals surface area contributed by atoms with Gasteiger partial charge in [-0.1, -0.05) is 24.3 Å². The second-order valence-corrected chi connectivity index (χ2v) is 3.82. The van der Waals surface area contributed by atoms with Crippen LogP contribution in [0.4, 0.5) is 0 Å². The van der Waals surface area contributed by atoms with E-state index in [1.165, 1.54) is 5.56 Å². The average molecular weight is 175 g/mol. The minimum Gasteiger partial charge on any atom is -0.393 e. The lowest BCUT2D eigenvalue weighted by atomic mass is 9.83. The molecule has 1 aromatic carbocycles.